The van der Waals surface area contributed by atoms with E-state index in [0.717, 1.165) is 12.3 Å². The first-order valence-electron chi connectivity index (χ1n) is 4.78. The van der Waals surface area contributed by atoms with Crippen LogP contribution in [-0.2, 0) is 0 Å². The Morgan fingerprint density at radius 3 is 2.55 bits per heavy atom. The van der Waals surface area contributed by atoms with Crippen LogP contribution < -0.4 is 0 Å². The number of unbranched alkanes of at least 4 members (excludes halogenated alkanes) is 1. The maximum atomic E-state index is 6.24. The first-order chi connectivity index (χ1) is 5.34. The molecular formula is C10H18Cl. The van der Waals surface area contributed by atoms with Crippen LogP contribution in [0.25, 0.3) is 0 Å². The maximum Gasteiger partial charge on any atom is 0.0364 e. The average molecular weight is 174 g/mol. The third-order valence-electron chi connectivity index (χ3n) is 2.64. The zero-order chi connectivity index (χ0) is 8.10. The Hall–Kier alpha value is 0.290. The first-order valence-corrected chi connectivity index (χ1v) is 5.21. The van der Waals surface area contributed by atoms with Crippen molar-refractivity contribution >= 4 is 11.6 Å². The third kappa shape index (κ3) is 3.02. The number of hydrogen-bond acceptors (Lipinski definition) is 0. The van der Waals surface area contributed by atoms with Gasteiger partial charge in [-0.25, -0.2) is 0 Å². The Balaban J connectivity index is 2.12. The number of hydrogen-bond donors (Lipinski definition) is 0. The largest absolute Gasteiger partial charge is 0.123 e. The summed E-state index contributed by atoms with van der Waals surface area (Å²) in [6.07, 6.45) is 8.95. The monoisotopic (exact) mass is 173 g/mol. The van der Waals surface area contributed by atoms with Crippen molar-refractivity contribution in [3.05, 3.63) is 6.92 Å². The van der Waals surface area contributed by atoms with E-state index >= 15 is 0 Å². The molecule has 0 aromatic heterocycles. The second kappa shape index (κ2) is 5.03. The van der Waals surface area contributed by atoms with Gasteiger partial charge in [0.05, 0.1) is 0 Å². The molecule has 0 saturated heterocycles. The summed E-state index contributed by atoms with van der Waals surface area (Å²) < 4.78 is 0. The van der Waals surface area contributed by atoms with Crippen LogP contribution in [0.4, 0.5) is 0 Å². The molecule has 1 aliphatic carbocycles. The Kier molecular flexibility index (Phi) is 4.29. The minimum Gasteiger partial charge on any atom is -0.123 e. The summed E-state index contributed by atoms with van der Waals surface area (Å²) in [5.41, 5.74) is 0. The van der Waals surface area contributed by atoms with Crippen LogP contribution in [0.5, 0.6) is 0 Å². The predicted molar refractivity (Wildman–Crippen MR) is 50.8 cm³/mol. The molecule has 1 fully saturated rings. The molecule has 1 saturated carbocycles. The second-order valence-electron chi connectivity index (χ2n) is 3.56. The summed E-state index contributed by atoms with van der Waals surface area (Å²) in [6.45, 7) is 3.83. The fourth-order valence-electron chi connectivity index (χ4n) is 1.89. The fraction of sp³-hybridized carbons (Fsp3) is 0.900. The van der Waals surface area contributed by atoms with E-state index in [-0.39, 0.29) is 0 Å². The van der Waals surface area contributed by atoms with Gasteiger partial charge < -0.3 is 0 Å². The van der Waals surface area contributed by atoms with Crippen molar-refractivity contribution in [1.82, 2.24) is 0 Å². The van der Waals surface area contributed by atoms with Gasteiger partial charge in [0.1, 0.15) is 0 Å². The van der Waals surface area contributed by atoms with Crippen molar-refractivity contribution in [1.29, 1.82) is 0 Å². The number of rotatable bonds is 4. The number of alkyl halides is 1. The summed E-state index contributed by atoms with van der Waals surface area (Å²) in [6, 6.07) is 0. The minimum atomic E-state index is 0.444. The van der Waals surface area contributed by atoms with E-state index in [4.69, 9.17) is 11.6 Å². The molecule has 0 bridgehead atoms. The van der Waals surface area contributed by atoms with Gasteiger partial charge in [0.25, 0.3) is 0 Å². The molecule has 0 N–H and O–H groups in total. The molecule has 65 valence electrons. The van der Waals surface area contributed by atoms with Crippen LogP contribution in [0.3, 0.4) is 0 Å². The lowest BCUT2D eigenvalue weighted by Crippen LogP contribution is -2.10. The molecular weight excluding hydrogens is 156 g/mol. The first kappa shape index (κ1) is 9.38. The van der Waals surface area contributed by atoms with Gasteiger partial charge in [-0.15, -0.1) is 11.6 Å². The molecule has 1 rings (SSSR count). The smallest absolute Gasteiger partial charge is 0.0364 e. The Bertz CT molecular complexity index is 95.0. The van der Waals surface area contributed by atoms with E-state index in [2.05, 4.69) is 6.92 Å². The van der Waals surface area contributed by atoms with Gasteiger partial charge in [0.2, 0.25) is 0 Å². The lowest BCUT2D eigenvalue weighted by molar-refractivity contribution is 0.483. The highest BCUT2D eigenvalue weighted by Crippen LogP contribution is 2.32. The average Bonchev–Trinajstić information content (AvgIpc) is 2.52. The van der Waals surface area contributed by atoms with E-state index in [9.17, 15) is 0 Å². The summed E-state index contributed by atoms with van der Waals surface area (Å²) in [5, 5.41) is 0.444. The highest BCUT2D eigenvalue weighted by Gasteiger charge is 2.22. The molecule has 1 unspecified atom stereocenters. The van der Waals surface area contributed by atoms with Crippen molar-refractivity contribution < 1.29 is 0 Å². The van der Waals surface area contributed by atoms with Gasteiger partial charge in [-0.3, -0.25) is 0 Å². The Morgan fingerprint density at radius 2 is 2.00 bits per heavy atom. The topological polar surface area (TPSA) is 0 Å². The zero-order valence-corrected chi connectivity index (χ0v) is 7.95. The fourth-order valence-corrected chi connectivity index (χ4v) is 2.30. The normalized spacial score (nSPS) is 22.4. The third-order valence-corrected chi connectivity index (χ3v) is 3.22. The van der Waals surface area contributed by atoms with E-state index in [1.54, 1.807) is 0 Å². The molecule has 0 spiro atoms. The number of halogens is 1. The maximum absolute atomic E-state index is 6.24. The lowest BCUT2D eigenvalue weighted by atomic mass is 9.99. The summed E-state index contributed by atoms with van der Waals surface area (Å²) in [5.74, 6) is 0.822. The van der Waals surface area contributed by atoms with Gasteiger partial charge in [0, 0.05) is 5.38 Å². The molecule has 0 aromatic rings. The molecule has 11 heavy (non-hydrogen) atoms. The van der Waals surface area contributed by atoms with Crippen LogP contribution in [0.15, 0.2) is 0 Å². The van der Waals surface area contributed by atoms with E-state index in [0.29, 0.717) is 5.38 Å². The molecule has 0 heterocycles. The van der Waals surface area contributed by atoms with Crippen molar-refractivity contribution in [2.24, 2.45) is 5.92 Å². The SMILES string of the molecule is [CH2]CCCC(Cl)C1CCCC1. The summed E-state index contributed by atoms with van der Waals surface area (Å²) in [7, 11) is 0. The van der Waals surface area contributed by atoms with Gasteiger partial charge in [-0.05, 0) is 25.2 Å². The molecule has 1 radical (unpaired) electrons. The molecule has 0 aliphatic heterocycles. The standard InChI is InChI=1S/C10H18Cl/c1-2-3-8-10(11)9-6-4-5-7-9/h9-10H,1-8H2. The van der Waals surface area contributed by atoms with Gasteiger partial charge in [-0.2, -0.15) is 0 Å². The minimum absolute atomic E-state index is 0.444. The molecule has 0 aromatic carbocycles. The van der Waals surface area contributed by atoms with Crippen LogP contribution in [0.1, 0.15) is 44.9 Å². The Labute approximate surface area is 75.3 Å². The van der Waals surface area contributed by atoms with Crippen molar-refractivity contribution in [3.8, 4) is 0 Å². The van der Waals surface area contributed by atoms with Crippen molar-refractivity contribution in [2.45, 2.75) is 50.3 Å². The zero-order valence-electron chi connectivity index (χ0n) is 7.19. The molecule has 1 atom stereocenters. The van der Waals surface area contributed by atoms with Gasteiger partial charge in [-0.1, -0.05) is 32.6 Å². The van der Waals surface area contributed by atoms with Crippen LogP contribution in [0.2, 0.25) is 0 Å². The molecule has 1 heteroatoms. The molecule has 1 aliphatic rings. The lowest BCUT2D eigenvalue weighted by Gasteiger charge is -2.15. The predicted octanol–water partition coefficient (Wildman–Crippen LogP) is 3.79. The van der Waals surface area contributed by atoms with Crippen LogP contribution in [-0.4, -0.2) is 5.38 Å². The van der Waals surface area contributed by atoms with Gasteiger partial charge >= 0.3 is 0 Å². The highest BCUT2D eigenvalue weighted by molar-refractivity contribution is 6.20. The summed E-state index contributed by atoms with van der Waals surface area (Å²) >= 11 is 6.24. The van der Waals surface area contributed by atoms with Gasteiger partial charge in [0.15, 0.2) is 0 Å². The second-order valence-corrected chi connectivity index (χ2v) is 4.12. The Morgan fingerprint density at radius 1 is 1.36 bits per heavy atom. The van der Waals surface area contributed by atoms with Crippen molar-refractivity contribution in [3.63, 3.8) is 0 Å². The molecule has 0 nitrogen and oxygen atoms in total. The quantitative estimate of drug-likeness (QED) is 0.568. The molecule has 0 amide bonds. The van der Waals surface area contributed by atoms with Crippen LogP contribution >= 0.6 is 11.6 Å². The van der Waals surface area contributed by atoms with E-state index < -0.39 is 0 Å². The van der Waals surface area contributed by atoms with E-state index in [1.165, 1.54) is 38.5 Å². The van der Waals surface area contributed by atoms with E-state index in [1.807, 2.05) is 0 Å². The summed E-state index contributed by atoms with van der Waals surface area (Å²) in [4.78, 5) is 0. The van der Waals surface area contributed by atoms with Crippen molar-refractivity contribution in [2.75, 3.05) is 0 Å². The van der Waals surface area contributed by atoms with Crippen LogP contribution in [0, 0.1) is 12.8 Å². The highest BCUT2D eigenvalue weighted by atomic mass is 35.5.